The van der Waals surface area contributed by atoms with Gasteiger partial charge in [0.25, 0.3) is 0 Å². The number of hydrogen-bond donors (Lipinski definition) is 0. The Morgan fingerprint density at radius 1 is 1.05 bits per heavy atom. The Hall–Kier alpha value is -1.37. The van der Waals surface area contributed by atoms with Crippen molar-refractivity contribution in [1.29, 1.82) is 0 Å². The highest BCUT2D eigenvalue weighted by Gasteiger charge is 2.12. The minimum absolute atomic E-state index is 0.481. The third kappa shape index (κ3) is 3.84. The van der Waals surface area contributed by atoms with Crippen LogP contribution < -0.4 is 5.30 Å². The van der Waals surface area contributed by atoms with Crippen molar-refractivity contribution in [1.82, 2.24) is 0 Å². The summed E-state index contributed by atoms with van der Waals surface area (Å²) < 4.78 is 17.6. The van der Waals surface area contributed by atoms with E-state index in [0.29, 0.717) is 6.61 Å². The van der Waals surface area contributed by atoms with Crippen LogP contribution in [0.3, 0.4) is 0 Å². The maximum Gasteiger partial charge on any atom is 0.220 e. The van der Waals surface area contributed by atoms with E-state index in [2.05, 4.69) is 39.0 Å². The summed E-state index contributed by atoms with van der Waals surface area (Å²) in [6.07, 6.45) is 0.803. The van der Waals surface area contributed by atoms with Crippen LogP contribution in [-0.4, -0.2) is 6.61 Å². The molecular weight excluding hydrogens is 279 g/mol. The van der Waals surface area contributed by atoms with Gasteiger partial charge in [-0.2, -0.15) is 0 Å². The van der Waals surface area contributed by atoms with Gasteiger partial charge in [0.15, 0.2) is 0 Å². The summed E-state index contributed by atoms with van der Waals surface area (Å²) in [5, 5.41) is 0.851. The van der Waals surface area contributed by atoms with Crippen LogP contribution in [0.4, 0.5) is 0 Å². The van der Waals surface area contributed by atoms with E-state index in [-0.39, 0.29) is 0 Å². The molecule has 0 heterocycles. The predicted octanol–water partition coefficient (Wildman–Crippen LogP) is 4.34. The van der Waals surface area contributed by atoms with Crippen molar-refractivity contribution in [2.24, 2.45) is 0 Å². The molecule has 0 N–H and O–H groups in total. The summed E-state index contributed by atoms with van der Waals surface area (Å²) >= 11 is 0. The summed E-state index contributed by atoms with van der Waals surface area (Å²) in [4.78, 5) is 0. The monoisotopic (exact) mass is 302 g/mol. The van der Waals surface area contributed by atoms with Crippen LogP contribution >= 0.6 is 8.03 Å². The molecule has 0 radical (unpaired) electrons. The zero-order chi connectivity index (χ0) is 15.4. The molecule has 0 aliphatic heterocycles. The lowest BCUT2D eigenvalue weighted by atomic mass is 9.94. The van der Waals surface area contributed by atoms with Gasteiger partial charge in [0.05, 0.1) is 6.61 Å². The Morgan fingerprint density at radius 3 is 2.29 bits per heavy atom. The molecule has 2 nitrogen and oxygen atoms in total. The number of rotatable bonds is 5. The van der Waals surface area contributed by atoms with E-state index in [4.69, 9.17) is 4.52 Å². The normalized spacial score (nSPS) is 12.4. The molecule has 0 fully saturated rings. The van der Waals surface area contributed by atoms with Gasteiger partial charge in [0, 0.05) is 5.30 Å². The van der Waals surface area contributed by atoms with Gasteiger partial charge in [0.1, 0.15) is 0 Å². The van der Waals surface area contributed by atoms with Crippen molar-refractivity contribution in [2.45, 2.75) is 34.1 Å². The Labute approximate surface area is 128 Å². The number of hydrogen-bond acceptors (Lipinski definition) is 2. The third-order valence-electron chi connectivity index (χ3n) is 3.72. The summed E-state index contributed by atoms with van der Waals surface area (Å²) in [5.74, 6) is 0. The van der Waals surface area contributed by atoms with Gasteiger partial charge in [-0.15, -0.1) is 0 Å². The molecule has 2 rings (SSSR count). The Morgan fingerprint density at radius 2 is 1.67 bits per heavy atom. The maximum atomic E-state index is 12.2. The molecule has 112 valence electrons. The van der Waals surface area contributed by atoms with Gasteiger partial charge in [-0.3, -0.25) is 4.57 Å². The highest BCUT2D eigenvalue weighted by Crippen LogP contribution is 2.26. The van der Waals surface area contributed by atoms with Gasteiger partial charge in [-0.05, 0) is 62.4 Å². The van der Waals surface area contributed by atoms with Gasteiger partial charge in [-0.1, -0.05) is 35.9 Å². The fourth-order valence-electron chi connectivity index (χ4n) is 2.76. The molecule has 0 amide bonds. The van der Waals surface area contributed by atoms with E-state index in [0.717, 1.165) is 17.3 Å². The lowest BCUT2D eigenvalue weighted by Gasteiger charge is -2.14. The Kier molecular flexibility index (Phi) is 5.39. The molecule has 0 spiro atoms. The molecule has 2 aromatic carbocycles. The lowest BCUT2D eigenvalue weighted by molar-refractivity contribution is 0.357. The first kappa shape index (κ1) is 16.0. The van der Waals surface area contributed by atoms with Crippen molar-refractivity contribution in [2.75, 3.05) is 6.61 Å². The van der Waals surface area contributed by atoms with Crippen molar-refractivity contribution >= 4 is 13.3 Å². The Bertz CT molecular complexity index is 639. The van der Waals surface area contributed by atoms with Crippen LogP contribution in [0, 0.1) is 20.8 Å². The average molecular weight is 302 g/mol. The molecule has 0 bridgehead atoms. The van der Waals surface area contributed by atoms with Crippen molar-refractivity contribution in [3.05, 3.63) is 64.2 Å². The lowest BCUT2D eigenvalue weighted by Crippen LogP contribution is -2.09. The molecule has 0 aliphatic carbocycles. The van der Waals surface area contributed by atoms with E-state index >= 15 is 0 Å². The second kappa shape index (κ2) is 7.06. The molecule has 21 heavy (non-hydrogen) atoms. The second-order valence-electron chi connectivity index (χ2n) is 5.43. The van der Waals surface area contributed by atoms with Crippen molar-refractivity contribution in [3.8, 4) is 0 Å². The molecule has 0 saturated carbocycles. The van der Waals surface area contributed by atoms with Gasteiger partial charge in [-0.25, -0.2) is 0 Å². The van der Waals surface area contributed by atoms with E-state index in [1.807, 2.05) is 25.1 Å². The van der Waals surface area contributed by atoms with E-state index in [1.54, 1.807) is 0 Å². The van der Waals surface area contributed by atoms with Crippen molar-refractivity contribution in [3.63, 3.8) is 0 Å². The molecule has 0 saturated heterocycles. The molecular formula is C18H23O2P. The first-order chi connectivity index (χ1) is 10.0. The molecule has 3 heteroatoms. The van der Waals surface area contributed by atoms with Crippen LogP contribution in [0.1, 0.15) is 34.7 Å². The predicted molar refractivity (Wildman–Crippen MR) is 90.2 cm³/mol. The average Bonchev–Trinajstić information content (AvgIpc) is 2.43. The van der Waals surface area contributed by atoms with Crippen LogP contribution in [0.2, 0.25) is 0 Å². The highest BCUT2D eigenvalue weighted by atomic mass is 31.1. The second-order valence-corrected chi connectivity index (χ2v) is 6.83. The standard InChI is InChI=1S/C18H23O2P/c1-5-20-21(19)18-9-7-6-8-16(18)12-17-14(3)10-13(2)11-15(17)4/h6-11,21H,5,12H2,1-4H3. The van der Waals surface area contributed by atoms with Crippen LogP contribution in [0.25, 0.3) is 0 Å². The fourth-order valence-corrected chi connectivity index (χ4v) is 3.85. The van der Waals surface area contributed by atoms with Gasteiger partial charge < -0.3 is 4.52 Å². The SMILES string of the molecule is CCO[PH](=O)c1ccccc1Cc1c(C)cc(C)cc1C. The largest absolute Gasteiger partial charge is 0.328 e. The first-order valence-electron chi connectivity index (χ1n) is 7.34. The van der Waals surface area contributed by atoms with E-state index in [1.165, 1.54) is 22.3 Å². The summed E-state index contributed by atoms with van der Waals surface area (Å²) in [7, 11) is -2.15. The molecule has 1 atom stereocenters. The summed E-state index contributed by atoms with van der Waals surface area (Å²) in [6, 6.07) is 12.3. The van der Waals surface area contributed by atoms with Crippen LogP contribution in [-0.2, 0) is 15.5 Å². The quantitative estimate of drug-likeness (QED) is 0.768. The van der Waals surface area contributed by atoms with Crippen molar-refractivity contribution < 1.29 is 9.09 Å². The first-order valence-corrected chi connectivity index (χ1v) is 8.66. The van der Waals surface area contributed by atoms with Crippen LogP contribution in [0.5, 0.6) is 0 Å². The Balaban J connectivity index is 2.39. The molecule has 0 aliphatic rings. The smallest absolute Gasteiger partial charge is 0.220 e. The minimum Gasteiger partial charge on any atom is -0.328 e. The zero-order valence-corrected chi connectivity index (χ0v) is 14.2. The number of benzene rings is 2. The highest BCUT2D eigenvalue weighted by molar-refractivity contribution is 7.48. The van der Waals surface area contributed by atoms with Gasteiger partial charge in [0.2, 0.25) is 8.03 Å². The fraction of sp³-hybridized carbons (Fsp3) is 0.333. The molecule has 1 unspecified atom stereocenters. The summed E-state index contributed by atoms with van der Waals surface area (Å²) in [5.41, 5.74) is 6.28. The zero-order valence-electron chi connectivity index (χ0n) is 13.2. The molecule has 0 aromatic heterocycles. The van der Waals surface area contributed by atoms with E-state index in [9.17, 15) is 4.57 Å². The number of aryl methyl sites for hydroxylation is 3. The molecule has 2 aromatic rings. The van der Waals surface area contributed by atoms with Crippen LogP contribution in [0.15, 0.2) is 36.4 Å². The third-order valence-corrected chi connectivity index (χ3v) is 5.20. The maximum absolute atomic E-state index is 12.2. The topological polar surface area (TPSA) is 26.3 Å². The minimum atomic E-state index is -2.15. The van der Waals surface area contributed by atoms with Gasteiger partial charge >= 0.3 is 0 Å². The van der Waals surface area contributed by atoms with E-state index < -0.39 is 8.03 Å². The summed E-state index contributed by atoms with van der Waals surface area (Å²) in [6.45, 7) is 8.76.